The van der Waals surface area contributed by atoms with Gasteiger partial charge in [-0.3, -0.25) is 0 Å². The summed E-state index contributed by atoms with van der Waals surface area (Å²) >= 11 is 3.67. The van der Waals surface area contributed by atoms with Crippen molar-refractivity contribution in [3.8, 4) is 67.3 Å². The molecule has 12 rings (SSSR count). The van der Waals surface area contributed by atoms with Gasteiger partial charge in [0, 0.05) is 57.0 Å². The molecule has 3 aromatic heterocycles. The number of fused-ring (bicyclic) bond motifs is 7. The lowest BCUT2D eigenvalue weighted by Gasteiger charge is -2.20. The summed E-state index contributed by atoms with van der Waals surface area (Å²) in [5.74, 6) is 0.695. The van der Waals surface area contributed by atoms with E-state index >= 15 is 0 Å². The third-order valence-electron chi connectivity index (χ3n) is 11.7. The Kier molecular flexibility index (Phi) is 8.25. The summed E-state index contributed by atoms with van der Waals surface area (Å²) in [6, 6.07) is 74.4. The lowest BCUT2D eigenvalue weighted by Crippen LogP contribution is -2.00. The highest BCUT2D eigenvalue weighted by Crippen LogP contribution is 2.48. The Morgan fingerprint density at radius 1 is 0.300 bits per heavy atom. The first-order valence-electron chi connectivity index (χ1n) is 20.2. The molecule has 60 heavy (non-hydrogen) atoms. The number of hydrogen-bond acceptors (Lipinski definition) is 4. The van der Waals surface area contributed by atoms with Crippen molar-refractivity contribution in [3.05, 3.63) is 206 Å². The van der Waals surface area contributed by atoms with Crippen molar-refractivity contribution in [2.45, 2.75) is 0 Å². The molecule has 3 heterocycles. The Morgan fingerprint density at radius 2 is 0.750 bits per heavy atom. The van der Waals surface area contributed by atoms with E-state index in [1.165, 1.54) is 62.2 Å². The largest absolute Gasteiger partial charge is 0.228 e. The van der Waals surface area contributed by atoms with Gasteiger partial charge in [-0.2, -0.15) is 0 Å². The number of rotatable bonds is 6. The second-order valence-electron chi connectivity index (χ2n) is 15.2. The smallest absolute Gasteiger partial charge is 0.161 e. The topological polar surface area (TPSA) is 25.8 Å². The molecule has 9 aromatic carbocycles. The van der Waals surface area contributed by atoms with Crippen LogP contribution in [0.3, 0.4) is 0 Å². The fourth-order valence-corrected chi connectivity index (χ4v) is 11.5. The monoisotopic (exact) mass is 798 g/mol. The van der Waals surface area contributed by atoms with Crippen LogP contribution in [-0.2, 0) is 0 Å². The fourth-order valence-electron chi connectivity index (χ4n) is 9.01. The lowest BCUT2D eigenvalue weighted by molar-refractivity contribution is 1.19. The van der Waals surface area contributed by atoms with E-state index < -0.39 is 0 Å². The number of nitrogens with zero attached hydrogens (tertiary/aromatic N) is 2. The maximum Gasteiger partial charge on any atom is 0.161 e. The predicted octanol–water partition coefficient (Wildman–Crippen LogP) is 16.4. The van der Waals surface area contributed by atoms with Gasteiger partial charge >= 0.3 is 0 Å². The van der Waals surface area contributed by atoms with Gasteiger partial charge in [0.25, 0.3) is 0 Å². The molecule has 0 unspecified atom stereocenters. The van der Waals surface area contributed by atoms with Crippen LogP contribution in [0.25, 0.3) is 118 Å². The Labute approximate surface area is 355 Å². The van der Waals surface area contributed by atoms with Gasteiger partial charge in [0.2, 0.25) is 0 Å². The van der Waals surface area contributed by atoms with Crippen LogP contribution in [0.2, 0.25) is 0 Å². The summed E-state index contributed by atoms with van der Waals surface area (Å²) in [6.45, 7) is 0. The highest BCUT2D eigenvalue weighted by molar-refractivity contribution is 7.26. The summed E-state index contributed by atoms with van der Waals surface area (Å²) in [4.78, 5) is 11.4. The van der Waals surface area contributed by atoms with Crippen LogP contribution in [0, 0.1) is 0 Å². The van der Waals surface area contributed by atoms with Crippen LogP contribution in [0.4, 0.5) is 0 Å². The normalized spacial score (nSPS) is 11.7. The first kappa shape index (κ1) is 34.8. The summed E-state index contributed by atoms with van der Waals surface area (Å²) < 4.78 is 4.99. The molecule has 2 nitrogen and oxygen atoms in total. The van der Waals surface area contributed by atoms with Gasteiger partial charge < -0.3 is 0 Å². The lowest BCUT2D eigenvalue weighted by atomic mass is 9.84. The minimum absolute atomic E-state index is 0.695. The van der Waals surface area contributed by atoms with Crippen molar-refractivity contribution in [2.75, 3.05) is 0 Å². The van der Waals surface area contributed by atoms with E-state index in [4.69, 9.17) is 9.97 Å². The predicted molar refractivity (Wildman–Crippen MR) is 258 cm³/mol. The average Bonchev–Trinajstić information content (AvgIpc) is 3.90. The molecule has 280 valence electrons. The second kappa shape index (κ2) is 14.2. The molecule has 0 saturated heterocycles. The average molecular weight is 799 g/mol. The Balaban J connectivity index is 1.22. The molecule has 0 bridgehead atoms. The third kappa shape index (κ3) is 5.68. The highest BCUT2D eigenvalue weighted by Gasteiger charge is 2.24. The van der Waals surface area contributed by atoms with Gasteiger partial charge in [-0.05, 0) is 62.4 Å². The van der Waals surface area contributed by atoms with Gasteiger partial charge in [-0.1, -0.05) is 188 Å². The van der Waals surface area contributed by atoms with E-state index in [1.807, 2.05) is 22.7 Å². The fraction of sp³-hybridized carbons (Fsp3) is 0. The standard InChI is InChI=1S/C56H34N2S2/c1-3-16-35(17-4-1)39-24-13-29-47(52-38-21-8-7-20-37(38)32-33-40(52)36-18-5-2-6-19-36)53(39)56-57-48(45-27-14-25-43-41-22-9-11-30-50(41)59-54(43)45)34-49(58-56)46-28-15-26-44-42-23-10-12-31-51(42)60-55(44)46/h1-34H. The third-order valence-corrected chi connectivity index (χ3v) is 14.2. The Hall–Kier alpha value is -7.24. The van der Waals surface area contributed by atoms with Crippen molar-refractivity contribution in [1.82, 2.24) is 9.97 Å². The molecule has 0 N–H and O–H groups in total. The molecule has 0 aliphatic rings. The molecule has 0 spiro atoms. The van der Waals surface area contributed by atoms with Gasteiger partial charge in [0.1, 0.15) is 0 Å². The van der Waals surface area contributed by atoms with Gasteiger partial charge in [0.15, 0.2) is 5.82 Å². The molecule has 0 aliphatic heterocycles. The molecular weight excluding hydrogens is 765 g/mol. The van der Waals surface area contributed by atoms with E-state index in [-0.39, 0.29) is 0 Å². The van der Waals surface area contributed by atoms with E-state index in [0.29, 0.717) is 5.82 Å². The molecular formula is C56H34N2S2. The molecule has 0 aliphatic carbocycles. The van der Waals surface area contributed by atoms with E-state index in [9.17, 15) is 0 Å². The zero-order valence-corrected chi connectivity index (χ0v) is 34.0. The van der Waals surface area contributed by atoms with Crippen molar-refractivity contribution in [3.63, 3.8) is 0 Å². The maximum atomic E-state index is 5.70. The number of aromatic nitrogens is 2. The summed E-state index contributed by atoms with van der Waals surface area (Å²) in [5, 5.41) is 7.40. The van der Waals surface area contributed by atoms with Crippen molar-refractivity contribution < 1.29 is 0 Å². The van der Waals surface area contributed by atoms with E-state index in [0.717, 1.165) is 50.3 Å². The Bertz CT molecular complexity index is 3470. The van der Waals surface area contributed by atoms with Gasteiger partial charge in [0.05, 0.1) is 11.4 Å². The van der Waals surface area contributed by atoms with Gasteiger partial charge in [-0.25, -0.2) is 9.97 Å². The first-order valence-corrected chi connectivity index (χ1v) is 21.9. The second-order valence-corrected chi connectivity index (χ2v) is 17.3. The van der Waals surface area contributed by atoms with Crippen LogP contribution in [-0.4, -0.2) is 9.97 Å². The summed E-state index contributed by atoms with van der Waals surface area (Å²) in [7, 11) is 0. The van der Waals surface area contributed by atoms with E-state index in [1.54, 1.807) is 0 Å². The van der Waals surface area contributed by atoms with Crippen LogP contribution in [0.15, 0.2) is 206 Å². The zero-order chi connectivity index (χ0) is 39.6. The zero-order valence-electron chi connectivity index (χ0n) is 32.3. The quantitative estimate of drug-likeness (QED) is 0.167. The van der Waals surface area contributed by atoms with Crippen molar-refractivity contribution >= 4 is 73.8 Å². The van der Waals surface area contributed by atoms with Crippen molar-refractivity contribution in [1.29, 1.82) is 0 Å². The molecule has 0 amide bonds. The van der Waals surface area contributed by atoms with Crippen LogP contribution >= 0.6 is 22.7 Å². The first-order chi connectivity index (χ1) is 29.8. The minimum atomic E-state index is 0.695. The summed E-state index contributed by atoms with van der Waals surface area (Å²) in [6.07, 6.45) is 0. The van der Waals surface area contributed by atoms with Crippen LogP contribution < -0.4 is 0 Å². The van der Waals surface area contributed by atoms with Crippen LogP contribution in [0.1, 0.15) is 0 Å². The maximum absolute atomic E-state index is 5.70. The van der Waals surface area contributed by atoms with Gasteiger partial charge in [-0.15, -0.1) is 22.7 Å². The summed E-state index contributed by atoms with van der Waals surface area (Å²) in [5.41, 5.74) is 11.8. The van der Waals surface area contributed by atoms with Crippen LogP contribution in [0.5, 0.6) is 0 Å². The minimum Gasteiger partial charge on any atom is -0.228 e. The van der Waals surface area contributed by atoms with Crippen molar-refractivity contribution in [2.24, 2.45) is 0 Å². The molecule has 0 atom stereocenters. The highest BCUT2D eigenvalue weighted by atomic mass is 32.1. The number of benzene rings is 9. The Morgan fingerprint density at radius 3 is 1.35 bits per heavy atom. The van der Waals surface area contributed by atoms with E-state index in [2.05, 4.69) is 206 Å². The molecule has 0 radical (unpaired) electrons. The molecule has 12 aromatic rings. The number of thiophene rings is 2. The molecule has 0 fully saturated rings. The SMILES string of the molecule is c1ccc(-c2cccc(-c3c(-c4ccccc4)ccc4ccccc34)c2-c2nc(-c3cccc4c3sc3ccccc34)cc(-c3cccc4c3sc3ccccc34)n2)cc1. The molecule has 0 saturated carbocycles. The molecule has 4 heteroatoms. The number of hydrogen-bond donors (Lipinski definition) is 0.